The molecule has 2 unspecified atom stereocenters. The fourth-order valence-corrected chi connectivity index (χ4v) is 3.36. The lowest BCUT2D eigenvalue weighted by molar-refractivity contribution is 0.404. The van der Waals surface area contributed by atoms with Crippen molar-refractivity contribution in [2.24, 2.45) is 0 Å². The molecule has 2 aromatic carbocycles. The van der Waals surface area contributed by atoms with Gasteiger partial charge in [0.2, 0.25) is 0 Å². The highest BCUT2D eigenvalue weighted by atomic mass is 35.5. The van der Waals surface area contributed by atoms with Crippen LogP contribution in [-0.4, -0.2) is 13.1 Å². The number of aryl methyl sites for hydroxylation is 1. The molecule has 2 aromatic rings. The largest absolute Gasteiger partial charge is 0.316 e. The van der Waals surface area contributed by atoms with Crippen LogP contribution in [0.5, 0.6) is 0 Å². The van der Waals surface area contributed by atoms with Crippen molar-refractivity contribution >= 4 is 11.6 Å². The predicted octanol–water partition coefficient (Wildman–Crippen LogP) is 4.51. The molecule has 2 atom stereocenters. The summed E-state index contributed by atoms with van der Waals surface area (Å²) in [6.07, 6.45) is 1.18. The van der Waals surface area contributed by atoms with E-state index in [1.807, 2.05) is 6.07 Å². The summed E-state index contributed by atoms with van der Waals surface area (Å²) in [6, 6.07) is 17.3. The van der Waals surface area contributed by atoms with E-state index in [2.05, 4.69) is 54.7 Å². The summed E-state index contributed by atoms with van der Waals surface area (Å²) < 4.78 is 0. The van der Waals surface area contributed by atoms with Gasteiger partial charge in [0.15, 0.2) is 0 Å². The van der Waals surface area contributed by atoms with Gasteiger partial charge in [-0.2, -0.15) is 0 Å². The van der Waals surface area contributed by atoms with Crippen LogP contribution in [0.1, 0.15) is 34.9 Å². The summed E-state index contributed by atoms with van der Waals surface area (Å²) in [4.78, 5) is 0. The molecule has 2 heteroatoms. The molecule has 0 radical (unpaired) electrons. The maximum absolute atomic E-state index is 6.16. The lowest BCUT2D eigenvalue weighted by Crippen LogP contribution is -2.34. The number of rotatable bonds is 2. The van der Waals surface area contributed by atoms with Crippen LogP contribution in [0.15, 0.2) is 48.5 Å². The van der Waals surface area contributed by atoms with Gasteiger partial charge in [0.1, 0.15) is 0 Å². The third-order valence-corrected chi connectivity index (χ3v) is 4.50. The highest BCUT2D eigenvalue weighted by Crippen LogP contribution is 2.37. The Hall–Kier alpha value is -1.31. The van der Waals surface area contributed by atoms with E-state index >= 15 is 0 Å². The van der Waals surface area contributed by atoms with Crippen LogP contribution < -0.4 is 5.32 Å². The van der Waals surface area contributed by atoms with Crippen molar-refractivity contribution in [1.82, 2.24) is 5.32 Å². The predicted molar refractivity (Wildman–Crippen MR) is 85.6 cm³/mol. The highest BCUT2D eigenvalue weighted by Gasteiger charge is 2.27. The fraction of sp³-hybridized carbons (Fsp3) is 0.333. The zero-order chi connectivity index (χ0) is 13.9. The molecule has 0 aromatic heterocycles. The van der Waals surface area contributed by atoms with Gasteiger partial charge >= 0.3 is 0 Å². The van der Waals surface area contributed by atoms with Crippen molar-refractivity contribution in [3.63, 3.8) is 0 Å². The molecule has 1 nitrogen and oxygen atoms in total. The number of piperidine rings is 1. The van der Waals surface area contributed by atoms with Gasteiger partial charge < -0.3 is 5.32 Å². The SMILES string of the molecule is Cc1ccc(C2CCNCC2c2cccc(Cl)c2)cc1. The molecule has 0 bridgehead atoms. The minimum absolute atomic E-state index is 0.505. The third kappa shape index (κ3) is 2.89. The van der Waals surface area contributed by atoms with Crippen molar-refractivity contribution in [1.29, 1.82) is 0 Å². The molecule has 0 spiro atoms. The first kappa shape index (κ1) is 13.7. The zero-order valence-corrected chi connectivity index (χ0v) is 12.5. The molecular weight excluding hydrogens is 266 g/mol. The normalized spacial score (nSPS) is 22.7. The van der Waals surface area contributed by atoms with E-state index in [1.165, 1.54) is 23.1 Å². The van der Waals surface area contributed by atoms with Crippen molar-refractivity contribution in [2.75, 3.05) is 13.1 Å². The number of benzene rings is 2. The minimum Gasteiger partial charge on any atom is -0.316 e. The van der Waals surface area contributed by atoms with Gasteiger partial charge in [0.25, 0.3) is 0 Å². The summed E-state index contributed by atoms with van der Waals surface area (Å²) in [7, 11) is 0. The van der Waals surface area contributed by atoms with Gasteiger partial charge in [-0.05, 0) is 49.1 Å². The average Bonchev–Trinajstić information content (AvgIpc) is 2.48. The van der Waals surface area contributed by atoms with E-state index in [-0.39, 0.29) is 0 Å². The second-order valence-corrected chi connectivity index (χ2v) is 6.11. The van der Waals surface area contributed by atoms with E-state index in [1.54, 1.807) is 0 Å². The van der Waals surface area contributed by atoms with Crippen molar-refractivity contribution in [3.8, 4) is 0 Å². The fourth-order valence-electron chi connectivity index (χ4n) is 3.16. The lowest BCUT2D eigenvalue weighted by atomic mass is 9.77. The summed E-state index contributed by atoms with van der Waals surface area (Å²) >= 11 is 6.16. The monoisotopic (exact) mass is 285 g/mol. The quantitative estimate of drug-likeness (QED) is 0.856. The Kier molecular flexibility index (Phi) is 4.09. The summed E-state index contributed by atoms with van der Waals surface area (Å²) in [5.41, 5.74) is 4.11. The number of hydrogen-bond acceptors (Lipinski definition) is 1. The number of nitrogens with one attached hydrogen (secondary N) is 1. The van der Waals surface area contributed by atoms with Gasteiger partial charge in [0, 0.05) is 17.5 Å². The molecule has 1 aliphatic heterocycles. The molecule has 104 valence electrons. The zero-order valence-electron chi connectivity index (χ0n) is 11.8. The van der Waals surface area contributed by atoms with Crippen molar-refractivity contribution in [2.45, 2.75) is 25.2 Å². The Morgan fingerprint density at radius 1 is 1.00 bits per heavy atom. The van der Waals surface area contributed by atoms with Gasteiger partial charge in [-0.3, -0.25) is 0 Å². The van der Waals surface area contributed by atoms with Crippen LogP contribution in [0.3, 0.4) is 0 Å². The maximum atomic E-state index is 6.16. The molecular formula is C18H20ClN. The van der Waals surface area contributed by atoms with Gasteiger partial charge in [-0.1, -0.05) is 53.6 Å². The Bertz CT molecular complexity index is 576. The summed E-state index contributed by atoms with van der Waals surface area (Å²) in [5.74, 6) is 1.08. The van der Waals surface area contributed by atoms with E-state index in [4.69, 9.17) is 11.6 Å². The van der Waals surface area contributed by atoms with Crippen LogP contribution in [0.25, 0.3) is 0 Å². The summed E-state index contributed by atoms with van der Waals surface area (Å²) in [6.45, 7) is 4.26. The van der Waals surface area contributed by atoms with E-state index in [9.17, 15) is 0 Å². The number of hydrogen-bond donors (Lipinski definition) is 1. The second-order valence-electron chi connectivity index (χ2n) is 5.67. The Morgan fingerprint density at radius 3 is 2.55 bits per heavy atom. The number of halogens is 1. The molecule has 1 N–H and O–H groups in total. The van der Waals surface area contributed by atoms with Gasteiger partial charge in [-0.25, -0.2) is 0 Å². The Balaban J connectivity index is 1.93. The van der Waals surface area contributed by atoms with Crippen LogP contribution in [0.2, 0.25) is 5.02 Å². The highest BCUT2D eigenvalue weighted by molar-refractivity contribution is 6.30. The van der Waals surface area contributed by atoms with Gasteiger partial charge in [0.05, 0.1) is 0 Å². The smallest absolute Gasteiger partial charge is 0.0408 e. The molecule has 1 aliphatic rings. The standard InChI is InChI=1S/C18H20ClN/c1-13-5-7-14(8-6-13)17-9-10-20-12-18(17)15-3-2-4-16(19)11-15/h2-8,11,17-18,20H,9-10,12H2,1H3. The Labute approximate surface area is 126 Å². The van der Waals surface area contributed by atoms with Crippen LogP contribution >= 0.6 is 11.6 Å². The average molecular weight is 286 g/mol. The molecule has 0 saturated carbocycles. The van der Waals surface area contributed by atoms with Crippen molar-refractivity contribution < 1.29 is 0 Å². The summed E-state index contributed by atoms with van der Waals surface area (Å²) in [5, 5.41) is 4.35. The molecule has 0 aliphatic carbocycles. The molecule has 20 heavy (non-hydrogen) atoms. The lowest BCUT2D eigenvalue weighted by Gasteiger charge is -2.33. The Morgan fingerprint density at radius 2 is 1.80 bits per heavy atom. The topological polar surface area (TPSA) is 12.0 Å². The maximum Gasteiger partial charge on any atom is 0.0408 e. The molecule has 0 amide bonds. The minimum atomic E-state index is 0.505. The van der Waals surface area contributed by atoms with Crippen LogP contribution in [0.4, 0.5) is 0 Å². The molecule has 1 fully saturated rings. The first-order valence-electron chi connectivity index (χ1n) is 7.27. The van der Waals surface area contributed by atoms with E-state index < -0.39 is 0 Å². The molecule has 1 heterocycles. The van der Waals surface area contributed by atoms with Crippen LogP contribution in [0, 0.1) is 6.92 Å². The second kappa shape index (κ2) is 5.99. The molecule has 1 saturated heterocycles. The first-order chi connectivity index (χ1) is 9.74. The van der Waals surface area contributed by atoms with E-state index in [0.29, 0.717) is 11.8 Å². The third-order valence-electron chi connectivity index (χ3n) is 4.26. The first-order valence-corrected chi connectivity index (χ1v) is 7.64. The van der Waals surface area contributed by atoms with Crippen molar-refractivity contribution in [3.05, 3.63) is 70.2 Å². The molecule has 3 rings (SSSR count). The van der Waals surface area contributed by atoms with E-state index in [0.717, 1.165) is 18.1 Å². The van der Waals surface area contributed by atoms with Crippen LogP contribution in [-0.2, 0) is 0 Å². The van der Waals surface area contributed by atoms with Gasteiger partial charge in [-0.15, -0.1) is 0 Å².